The first-order valence-corrected chi connectivity index (χ1v) is 5.05. The Hall–Kier alpha value is -0.870. The SMILES string of the molecule is CC=CC(O)C(CO)NC(=O)C(C)(C)C. The second-order valence-corrected chi connectivity index (χ2v) is 4.53. The minimum Gasteiger partial charge on any atom is -0.394 e. The monoisotopic (exact) mass is 215 g/mol. The molecular weight excluding hydrogens is 194 g/mol. The van der Waals surface area contributed by atoms with Gasteiger partial charge >= 0.3 is 0 Å². The molecule has 2 atom stereocenters. The maximum atomic E-state index is 11.6. The van der Waals surface area contributed by atoms with E-state index in [-0.39, 0.29) is 12.5 Å². The molecule has 0 fully saturated rings. The van der Waals surface area contributed by atoms with Crippen molar-refractivity contribution in [2.45, 2.75) is 39.8 Å². The lowest BCUT2D eigenvalue weighted by Gasteiger charge is -2.25. The van der Waals surface area contributed by atoms with Gasteiger partial charge in [0.1, 0.15) is 0 Å². The molecule has 0 radical (unpaired) electrons. The maximum absolute atomic E-state index is 11.6. The summed E-state index contributed by atoms with van der Waals surface area (Å²) < 4.78 is 0. The summed E-state index contributed by atoms with van der Waals surface area (Å²) >= 11 is 0. The minimum absolute atomic E-state index is 0.190. The highest BCUT2D eigenvalue weighted by Crippen LogP contribution is 2.13. The van der Waals surface area contributed by atoms with E-state index in [2.05, 4.69) is 5.32 Å². The summed E-state index contributed by atoms with van der Waals surface area (Å²) in [5.41, 5.74) is -0.525. The van der Waals surface area contributed by atoms with Crippen LogP contribution in [0.3, 0.4) is 0 Å². The van der Waals surface area contributed by atoms with E-state index in [4.69, 9.17) is 5.11 Å². The van der Waals surface area contributed by atoms with Gasteiger partial charge in [-0.05, 0) is 6.92 Å². The summed E-state index contributed by atoms with van der Waals surface area (Å²) in [6, 6.07) is -0.645. The van der Waals surface area contributed by atoms with Gasteiger partial charge < -0.3 is 15.5 Å². The molecule has 0 saturated heterocycles. The number of hydrogen-bond acceptors (Lipinski definition) is 3. The fraction of sp³-hybridized carbons (Fsp3) is 0.727. The Balaban J connectivity index is 4.40. The number of rotatable bonds is 4. The Bertz CT molecular complexity index is 230. The Labute approximate surface area is 91.0 Å². The van der Waals surface area contributed by atoms with Gasteiger partial charge in [0.05, 0.1) is 18.8 Å². The highest BCUT2D eigenvalue weighted by Gasteiger charge is 2.26. The van der Waals surface area contributed by atoms with Gasteiger partial charge in [-0.25, -0.2) is 0 Å². The second kappa shape index (κ2) is 5.88. The van der Waals surface area contributed by atoms with Gasteiger partial charge in [-0.15, -0.1) is 0 Å². The summed E-state index contributed by atoms with van der Waals surface area (Å²) in [4.78, 5) is 11.6. The molecule has 0 spiro atoms. The van der Waals surface area contributed by atoms with Crippen LogP contribution in [0.2, 0.25) is 0 Å². The molecule has 3 N–H and O–H groups in total. The van der Waals surface area contributed by atoms with E-state index < -0.39 is 17.6 Å². The molecular formula is C11H21NO3. The van der Waals surface area contributed by atoms with E-state index in [1.165, 1.54) is 6.08 Å². The molecule has 15 heavy (non-hydrogen) atoms. The highest BCUT2D eigenvalue weighted by atomic mass is 16.3. The van der Waals surface area contributed by atoms with Crippen LogP contribution in [0, 0.1) is 5.41 Å². The van der Waals surface area contributed by atoms with E-state index in [0.717, 1.165) is 0 Å². The van der Waals surface area contributed by atoms with Crippen molar-refractivity contribution in [1.82, 2.24) is 5.32 Å². The zero-order chi connectivity index (χ0) is 12.1. The van der Waals surface area contributed by atoms with E-state index in [0.29, 0.717) is 0 Å². The van der Waals surface area contributed by atoms with Crippen LogP contribution >= 0.6 is 0 Å². The van der Waals surface area contributed by atoms with Crippen LogP contribution in [-0.4, -0.2) is 34.9 Å². The molecule has 0 aromatic rings. The van der Waals surface area contributed by atoms with E-state index >= 15 is 0 Å². The summed E-state index contributed by atoms with van der Waals surface area (Å²) in [6.07, 6.45) is 2.35. The number of allylic oxidation sites excluding steroid dienone is 1. The largest absolute Gasteiger partial charge is 0.394 e. The van der Waals surface area contributed by atoms with Crippen molar-refractivity contribution in [1.29, 1.82) is 0 Å². The maximum Gasteiger partial charge on any atom is 0.225 e. The van der Waals surface area contributed by atoms with E-state index in [9.17, 15) is 9.90 Å². The molecule has 0 aliphatic carbocycles. The fourth-order valence-corrected chi connectivity index (χ4v) is 0.955. The predicted molar refractivity (Wildman–Crippen MR) is 59.3 cm³/mol. The van der Waals surface area contributed by atoms with E-state index in [1.807, 2.05) is 0 Å². The van der Waals surface area contributed by atoms with Crippen molar-refractivity contribution in [3.8, 4) is 0 Å². The zero-order valence-electron chi connectivity index (χ0n) is 9.82. The molecule has 0 aromatic carbocycles. The van der Waals surface area contributed by atoms with Gasteiger partial charge in [0.25, 0.3) is 0 Å². The Morgan fingerprint density at radius 1 is 1.47 bits per heavy atom. The number of aliphatic hydroxyl groups excluding tert-OH is 2. The third-order valence-electron chi connectivity index (χ3n) is 2.00. The molecule has 4 nitrogen and oxygen atoms in total. The molecule has 0 aromatic heterocycles. The number of carbonyl (C=O) groups excluding carboxylic acids is 1. The van der Waals surface area contributed by atoms with Gasteiger partial charge in [-0.3, -0.25) is 4.79 Å². The number of amides is 1. The number of hydrogen-bond donors (Lipinski definition) is 3. The van der Waals surface area contributed by atoms with Crippen LogP contribution in [0.25, 0.3) is 0 Å². The molecule has 1 amide bonds. The molecule has 0 saturated carbocycles. The lowest BCUT2D eigenvalue weighted by Crippen LogP contribution is -2.48. The lowest BCUT2D eigenvalue weighted by atomic mass is 9.95. The van der Waals surface area contributed by atoms with Crippen LogP contribution in [0.1, 0.15) is 27.7 Å². The van der Waals surface area contributed by atoms with Crippen molar-refractivity contribution in [2.24, 2.45) is 5.41 Å². The second-order valence-electron chi connectivity index (χ2n) is 4.53. The van der Waals surface area contributed by atoms with Crippen molar-refractivity contribution in [3.63, 3.8) is 0 Å². The standard InChI is InChI=1S/C11H21NO3/c1-5-6-9(14)8(7-13)12-10(15)11(2,3)4/h5-6,8-9,13-14H,7H2,1-4H3,(H,12,15). The molecule has 0 aliphatic heterocycles. The van der Waals surface area contributed by atoms with Gasteiger partial charge in [-0.1, -0.05) is 32.9 Å². The Morgan fingerprint density at radius 2 is 2.00 bits per heavy atom. The van der Waals surface area contributed by atoms with Crippen molar-refractivity contribution >= 4 is 5.91 Å². The minimum atomic E-state index is -0.855. The first-order valence-electron chi connectivity index (χ1n) is 5.05. The summed E-state index contributed by atoms with van der Waals surface area (Å²) in [7, 11) is 0. The molecule has 0 heterocycles. The topological polar surface area (TPSA) is 69.6 Å². The number of nitrogens with one attached hydrogen (secondary N) is 1. The van der Waals surface area contributed by atoms with Crippen LogP contribution in [0.4, 0.5) is 0 Å². The van der Waals surface area contributed by atoms with Crippen LogP contribution < -0.4 is 5.32 Å². The predicted octanol–water partition coefficient (Wildman–Crippen LogP) is 0.447. The number of aliphatic hydroxyl groups is 2. The Kier molecular flexibility index (Phi) is 5.54. The normalized spacial score (nSPS) is 16.4. The molecule has 0 rings (SSSR count). The molecule has 0 bridgehead atoms. The highest BCUT2D eigenvalue weighted by molar-refractivity contribution is 5.81. The molecule has 0 aliphatic rings. The lowest BCUT2D eigenvalue weighted by molar-refractivity contribution is -0.130. The Morgan fingerprint density at radius 3 is 2.33 bits per heavy atom. The average molecular weight is 215 g/mol. The van der Waals surface area contributed by atoms with Crippen LogP contribution in [0.5, 0.6) is 0 Å². The fourth-order valence-electron chi connectivity index (χ4n) is 0.955. The van der Waals surface area contributed by atoms with Gasteiger partial charge in [0, 0.05) is 5.41 Å². The van der Waals surface area contributed by atoms with Gasteiger partial charge in [0.2, 0.25) is 5.91 Å². The first kappa shape index (κ1) is 14.1. The van der Waals surface area contributed by atoms with Crippen molar-refractivity contribution in [2.75, 3.05) is 6.61 Å². The van der Waals surface area contributed by atoms with Crippen LogP contribution in [-0.2, 0) is 4.79 Å². The quantitative estimate of drug-likeness (QED) is 0.596. The molecule has 2 unspecified atom stereocenters. The van der Waals surface area contributed by atoms with Crippen molar-refractivity contribution in [3.05, 3.63) is 12.2 Å². The van der Waals surface area contributed by atoms with Gasteiger partial charge in [0.15, 0.2) is 0 Å². The zero-order valence-corrected chi connectivity index (χ0v) is 9.82. The number of carbonyl (C=O) groups is 1. The summed E-state index contributed by atoms with van der Waals surface area (Å²) in [6.45, 7) is 6.81. The summed E-state index contributed by atoms with van der Waals surface area (Å²) in [5, 5.41) is 21.2. The van der Waals surface area contributed by atoms with Gasteiger partial charge in [-0.2, -0.15) is 0 Å². The molecule has 88 valence electrons. The smallest absolute Gasteiger partial charge is 0.225 e. The van der Waals surface area contributed by atoms with Crippen molar-refractivity contribution < 1.29 is 15.0 Å². The average Bonchev–Trinajstić information content (AvgIpc) is 2.12. The third kappa shape index (κ3) is 4.95. The summed E-state index contributed by atoms with van der Waals surface area (Å²) in [5.74, 6) is -0.190. The van der Waals surface area contributed by atoms with Crippen LogP contribution in [0.15, 0.2) is 12.2 Å². The van der Waals surface area contributed by atoms with E-state index in [1.54, 1.807) is 33.8 Å². The first-order chi connectivity index (χ1) is 6.82. The molecule has 4 heteroatoms. The third-order valence-corrected chi connectivity index (χ3v) is 2.00.